The first kappa shape index (κ1) is 13.7. The van der Waals surface area contributed by atoms with Gasteiger partial charge in [-0.3, -0.25) is 9.78 Å². The van der Waals surface area contributed by atoms with Gasteiger partial charge >= 0.3 is 0 Å². The van der Waals surface area contributed by atoms with E-state index in [0.29, 0.717) is 21.5 Å². The molecule has 0 fully saturated rings. The van der Waals surface area contributed by atoms with Gasteiger partial charge in [-0.2, -0.15) is 0 Å². The molecule has 0 spiro atoms. The van der Waals surface area contributed by atoms with Crippen molar-refractivity contribution < 1.29 is 9.53 Å². The minimum absolute atomic E-state index is 0.0759. The van der Waals surface area contributed by atoms with Crippen molar-refractivity contribution in [2.24, 2.45) is 0 Å². The lowest BCUT2D eigenvalue weighted by atomic mass is 10.1. The van der Waals surface area contributed by atoms with Gasteiger partial charge in [0.05, 0.1) is 6.10 Å². The molecule has 0 N–H and O–H groups in total. The van der Waals surface area contributed by atoms with Crippen LogP contribution in [0.1, 0.15) is 29.9 Å². The molecule has 1 aromatic heterocycles. The number of hydrogen-bond donors (Lipinski definition) is 0. The number of rotatable bonds is 4. The summed E-state index contributed by atoms with van der Waals surface area (Å²) in [5.74, 6) is 0.564. The predicted octanol–water partition coefficient (Wildman–Crippen LogP) is 3.86. The number of ether oxygens (including phenoxy) is 1. The van der Waals surface area contributed by atoms with Crippen molar-refractivity contribution in [2.45, 2.75) is 20.0 Å². The summed E-state index contributed by atoms with van der Waals surface area (Å²) in [5, 5.41) is 0. The number of halogens is 1. The highest BCUT2D eigenvalue weighted by Gasteiger charge is 2.14. The average Bonchev–Trinajstić information content (AvgIpc) is 2.38. The fourth-order valence-corrected chi connectivity index (χ4v) is 2.11. The van der Waals surface area contributed by atoms with E-state index >= 15 is 0 Å². The minimum Gasteiger partial charge on any atom is -0.491 e. The molecule has 0 bridgehead atoms. The number of aromatic nitrogens is 1. The Morgan fingerprint density at radius 1 is 1.26 bits per heavy atom. The molecule has 0 radical (unpaired) electrons. The van der Waals surface area contributed by atoms with Crippen LogP contribution in [0.2, 0.25) is 0 Å². The van der Waals surface area contributed by atoms with Crippen molar-refractivity contribution in [1.82, 2.24) is 4.98 Å². The zero-order chi connectivity index (χ0) is 13.8. The van der Waals surface area contributed by atoms with Crippen molar-refractivity contribution in [3.63, 3.8) is 0 Å². The molecule has 0 amide bonds. The molecule has 2 aromatic rings. The van der Waals surface area contributed by atoms with Crippen LogP contribution < -0.4 is 4.74 Å². The van der Waals surface area contributed by atoms with E-state index in [2.05, 4.69) is 20.9 Å². The van der Waals surface area contributed by atoms with Crippen molar-refractivity contribution in [3.05, 3.63) is 58.3 Å². The Kier molecular flexibility index (Phi) is 4.32. The Hall–Kier alpha value is -1.68. The van der Waals surface area contributed by atoms with E-state index in [4.69, 9.17) is 4.74 Å². The van der Waals surface area contributed by atoms with Crippen LogP contribution in [0.5, 0.6) is 5.75 Å². The molecule has 2 rings (SSSR count). The third kappa shape index (κ3) is 3.41. The maximum Gasteiger partial charge on any atom is 0.212 e. The minimum atomic E-state index is -0.123. The highest BCUT2D eigenvalue weighted by atomic mass is 79.9. The van der Waals surface area contributed by atoms with Crippen LogP contribution in [0.3, 0.4) is 0 Å². The van der Waals surface area contributed by atoms with Crippen LogP contribution in [0.15, 0.2) is 47.1 Å². The second-order valence-electron chi connectivity index (χ2n) is 4.36. The molecule has 0 aliphatic carbocycles. The molecule has 98 valence electrons. The Balaban J connectivity index is 2.32. The van der Waals surface area contributed by atoms with Gasteiger partial charge in [0, 0.05) is 16.2 Å². The van der Waals surface area contributed by atoms with Gasteiger partial charge in [-0.15, -0.1) is 0 Å². The monoisotopic (exact) mass is 319 g/mol. The quantitative estimate of drug-likeness (QED) is 0.803. The molecular formula is C15H14BrNO2. The van der Waals surface area contributed by atoms with Crippen LogP contribution in [-0.2, 0) is 0 Å². The number of ketones is 1. The van der Waals surface area contributed by atoms with Crippen LogP contribution in [-0.4, -0.2) is 16.9 Å². The van der Waals surface area contributed by atoms with Crippen LogP contribution in [0.4, 0.5) is 0 Å². The van der Waals surface area contributed by atoms with E-state index in [-0.39, 0.29) is 11.9 Å². The lowest BCUT2D eigenvalue weighted by molar-refractivity contribution is 0.103. The predicted molar refractivity (Wildman–Crippen MR) is 77.6 cm³/mol. The summed E-state index contributed by atoms with van der Waals surface area (Å²) in [6, 6.07) is 10.7. The number of nitrogens with zero attached hydrogens (tertiary/aromatic N) is 1. The first-order valence-electron chi connectivity index (χ1n) is 6.00. The third-order valence-corrected chi connectivity index (χ3v) is 3.08. The highest BCUT2D eigenvalue weighted by Crippen LogP contribution is 2.20. The maximum absolute atomic E-state index is 12.4. The first-order valence-corrected chi connectivity index (χ1v) is 6.79. The lowest BCUT2D eigenvalue weighted by Crippen LogP contribution is -2.08. The number of benzene rings is 1. The molecule has 0 unspecified atom stereocenters. The van der Waals surface area contributed by atoms with E-state index in [1.807, 2.05) is 26.0 Å². The largest absolute Gasteiger partial charge is 0.491 e. The Bertz CT molecular complexity index is 596. The van der Waals surface area contributed by atoms with Crippen LogP contribution >= 0.6 is 15.9 Å². The maximum atomic E-state index is 12.4. The van der Waals surface area contributed by atoms with Crippen molar-refractivity contribution in [3.8, 4) is 5.75 Å². The molecule has 1 heterocycles. The van der Waals surface area contributed by atoms with E-state index in [1.165, 1.54) is 0 Å². The first-order chi connectivity index (χ1) is 9.08. The standard InChI is InChI=1S/C15H14BrNO2/c1-10(2)19-12-6-3-5-11(9-12)15(18)14-13(16)7-4-8-17-14/h3-10H,1-2H3. The molecule has 1 aromatic carbocycles. The number of carbonyl (C=O) groups excluding carboxylic acids is 1. The van der Waals surface area contributed by atoms with Gasteiger partial charge in [0.15, 0.2) is 0 Å². The van der Waals surface area contributed by atoms with E-state index in [1.54, 1.807) is 30.5 Å². The van der Waals surface area contributed by atoms with Crippen molar-refractivity contribution in [2.75, 3.05) is 0 Å². The molecule has 0 aliphatic rings. The summed E-state index contributed by atoms with van der Waals surface area (Å²) < 4.78 is 6.28. The van der Waals surface area contributed by atoms with Crippen molar-refractivity contribution >= 4 is 21.7 Å². The number of carbonyl (C=O) groups is 1. The second kappa shape index (κ2) is 5.97. The summed E-state index contributed by atoms with van der Waals surface area (Å²) in [7, 11) is 0. The van der Waals surface area contributed by atoms with Gasteiger partial charge in [0.25, 0.3) is 0 Å². The van der Waals surface area contributed by atoms with Gasteiger partial charge in [-0.25, -0.2) is 0 Å². The molecule has 0 aliphatic heterocycles. The Labute approximate surface area is 120 Å². The van der Waals surface area contributed by atoms with Crippen LogP contribution in [0.25, 0.3) is 0 Å². The van der Waals surface area contributed by atoms with Gasteiger partial charge in [0.1, 0.15) is 11.4 Å². The highest BCUT2D eigenvalue weighted by molar-refractivity contribution is 9.10. The fraction of sp³-hybridized carbons (Fsp3) is 0.200. The van der Waals surface area contributed by atoms with Gasteiger partial charge in [-0.05, 0) is 54.0 Å². The normalized spacial score (nSPS) is 10.5. The van der Waals surface area contributed by atoms with Crippen LogP contribution in [0, 0.1) is 0 Å². The molecule has 0 saturated carbocycles. The third-order valence-electron chi connectivity index (χ3n) is 2.44. The Morgan fingerprint density at radius 2 is 2.05 bits per heavy atom. The zero-order valence-corrected chi connectivity index (χ0v) is 12.3. The fourth-order valence-electron chi connectivity index (χ4n) is 1.67. The lowest BCUT2D eigenvalue weighted by Gasteiger charge is -2.10. The number of hydrogen-bond acceptors (Lipinski definition) is 3. The van der Waals surface area contributed by atoms with Gasteiger partial charge < -0.3 is 4.74 Å². The SMILES string of the molecule is CC(C)Oc1cccc(C(=O)c2ncccc2Br)c1. The van der Waals surface area contributed by atoms with Gasteiger partial charge in [0.2, 0.25) is 5.78 Å². The summed E-state index contributed by atoms with van der Waals surface area (Å²) in [5.41, 5.74) is 0.974. The molecule has 19 heavy (non-hydrogen) atoms. The summed E-state index contributed by atoms with van der Waals surface area (Å²) in [6.07, 6.45) is 1.68. The summed E-state index contributed by atoms with van der Waals surface area (Å²) in [4.78, 5) is 16.5. The van der Waals surface area contributed by atoms with E-state index in [0.717, 1.165) is 0 Å². The summed E-state index contributed by atoms with van der Waals surface area (Å²) >= 11 is 3.34. The number of pyridine rings is 1. The summed E-state index contributed by atoms with van der Waals surface area (Å²) in [6.45, 7) is 3.90. The smallest absolute Gasteiger partial charge is 0.212 e. The molecule has 0 atom stereocenters. The molecule has 4 heteroatoms. The average molecular weight is 320 g/mol. The van der Waals surface area contributed by atoms with E-state index < -0.39 is 0 Å². The zero-order valence-electron chi connectivity index (χ0n) is 10.8. The Morgan fingerprint density at radius 3 is 2.74 bits per heavy atom. The molecular weight excluding hydrogens is 306 g/mol. The van der Waals surface area contributed by atoms with Crippen molar-refractivity contribution in [1.29, 1.82) is 0 Å². The van der Waals surface area contributed by atoms with E-state index in [9.17, 15) is 4.79 Å². The van der Waals surface area contributed by atoms with Gasteiger partial charge in [-0.1, -0.05) is 12.1 Å². The topological polar surface area (TPSA) is 39.2 Å². The second-order valence-corrected chi connectivity index (χ2v) is 5.21. The molecule has 0 saturated heterocycles. The molecule has 3 nitrogen and oxygen atoms in total.